The van der Waals surface area contributed by atoms with Crippen LogP contribution in [0.4, 0.5) is 24.5 Å². The van der Waals surface area contributed by atoms with E-state index in [4.69, 9.17) is 0 Å². The van der Waals surface area contributed by atoms with Crippen LogP contribution in [0.15, 0.2) is 151 Å². The van der Waals surface area contributed by atoms with Gasteiger partial charge in [-0.3, -0.25) is 43.2 Å². The lowest BCUT2D eigenvalue weighted by Gasteiger charge is -2.30. The molecule has 5 fully saturated rings. The van der Waals surface area contributed by atoms with E-state index in [0.29, 0.717) is 106 Å². The number of carbonyl (C=O) groups is 9. The van der Waals surface area contributed by atoms with Gasteiger partial charge in [0.1, 0.15) is 5.78 Å². The molecule has 8 aliphatic rings. The number of allylic oxidation sites excluding steroid dienone is 3. The Hall–Kier alpha value is -9.56. The summed E-state index contributed by atoms with van der Waals surface area (Å²) in [6.07, 6.45) is 6.28. The average Bonchev–Trinajstić information content (AvgIpc) is 1.58. The summed E-state index contributed by atoms with van der Waals surface area (Å²) >= 11 is 1.57. The third kappa shape index (κ3) is 17.0. The van der Waals surface area contributed by atoms with E-state index in [1.165, 1.54) is 41.7 Å². The summed E-state index contributed by atoms with van der Waals surface area (Å²) < 4.78 is 39.8. The largest absolute Gasteiger partial charge is 0.398 e. The fourth-order valence-electron chi connectivity index (χ4n) is 15.0. The Balaban J connectivity index is 0.000000147. The SMILES string of the molecule is C=C1CC[C@H](N2Cc3c(csc3CCC(=O)CCc3ccc(C4(C)CC4)cc3)C2=O)C(=O)C1.C=C1CC[C@H](N2Cc3cc(CNC(=O)CNc4ccc(C(C)(C)C)cc4)ccc3C2=O)C(=O)C1.C=C1CC[C@H](N2Cc3cc(CNC(=O)CNc4ccc(C5(C(F)(F)F)CC5)cc4)ccc3C2=O)C(=O)C1. The number of carbonyl (C=O) groups excluding carboxylic acids is 9. The summed E-state index contributed by atoms with van der Waals surface area (Å²) in [4.78, 5) is 119. The van der Waals surface area contributed by atoms with Crippen LogP contribution in [-0.4, -0.2) is 105 Å². The minimum Gasteiger partial charge on any atom is -0.376 e. The van der Waals surface area contributed by atoms with Gasteiger partial charge in [-0.05, 0) is 174 Å². The maximum absolute atomic E-state index is 13.3. The molecule has 20 heteroatoms. The molecule has 0 saturated heterocycles. The van der Waals surface area contributed by atoms with Gasteiger partial charge in [0.25, 0.3) is 17.7 Å². The Morgan fingerprint density at radius 1 is 0.529 bits per heavy atom. The van der Waals surface area contributed by atoms with E-state index in [9.17, 15) is 56.3 Å². The van der Waals surface area contributed by atoms with Crippen LogP contribution in [-0.2, 0) is 90.6 Å². The molecule has 544 valence electrons. The molecule has 4 N–H and O–H groups in total. The van der Waals surface area contributed by atoms with E-state index in [1.807, 2.05) is 35.7 Å². The van der Waals surface area contributed by atoms with E-state index in [1.54, 1.807) is 56.4 Å². The number of halogens is 3. The lowest BCUT2D eigenvalue weighted by molar-refractivity contribution is -0.160. The van der Waals surface area contributed by atoms with Gasteiger partial charge in [0, 0.05) is 97.6 Å². The summed E-state index contributed by atoms with van der Waals surface area (Å²) in [5, 5.41) is 13.7. The number of hydrogen-bond acceptors (Lipinski definition) is 12. The summed E-state index contributed by atoms with van der Waals surface area (Å²) in [6.45, 7) is 22.6. The number of nitrogens with zero attached hydrogens (tertiary/aromatic N) is 3. The number of rotatable bonds is 21. The summed E-state index contributed by atoms with van der Waals surface area (Å²) in [5.74, 6) is -0.178. The predicted molar refractivity (Wildman–Crippen MR) is 396 cm³/mol. The molecule has 5 amide bonds. The lowest BCUT2D eigenvalue weighted by Crippen LogP contribution is -2.43. The van der Waals surface area contributed by atoms with Crippen LogP contribution in [0.25, 0.3) is 0 Å². The van der Waals surface area contributed by atoms with Crippen molar-refractivity contribution >= 4 is 75.4 Å². The Labute approximate surface area is 610 Å². The number of ketones is 4. The van der Waals surface area contributed by atoms with Gasteiger partial charge >= 0.3 is 6.18 Å². The standard InChI is InChI=1S/C28H28F3N3O3.C28H33N3O3.C28H31NO3S/c1-17-2-9-23(24(35)12-17)34-16-19-13-18(3-8-22(19)26(34)37)14-33-25(36)15-32-21-6-4-20(5-7-21)27(10-11-27)28(29,30)31;1-18-5-12-24(25(32)13-18)31-17-20-14-19(6-11-23(20)27(31)34)15-30-26(33)16-29-22-9-7-21(8-10-22)28(2,3)4;1-18-3-11-24(25(31)15-18)29-16-22-23(27(29)32)17-33-26(22)12-10-21(30)9-6-19-4-7-20(8-5-19)28(2)13-14-28/h3-8,13,23,32H,1-2,9-12,14-16H2,(H,33,36);6-11,14,24,29H,1,5,12-13,15-17H2,2-4H3,(H,30,33);4-5,7-8,17,24H,1,3,6,9-16H2,2H3/t23-;2*24-/m000/s1. The highest BCUT2D eigenvalue weighted by molar-refractivity contribution is 7.10. The van der Waals surface area contributed by atoms with Crippen LogP contribution in [0.5, 0.6) is 0 Å². The number of benzene rings is 5. The van der Waals surface area contributed by atoms with Crippen LogP contribution in [0.3, 0.4) is 0 Å². The maximum atomic E-state index is 13.3. The second-order valence-electron chi connectivity index (χ2n) is 30.7. The topological polar surface area (TPSA) is 211 Å². The molecular formula is C84H92F3N7O9S. The van der Waals surface area contributed by atoms with Gasteiger partial charge in [0.2, 0.25) is 11.8 Å². The number of fused-ring (bicyclic) bond motifs is 3. The van der Waals surface area contributed by atoms with Crippen LogP contribution in [0.2, 0.25) is 0 Å². The van der Waals surface area contributed by atoms with Gasteiger partial charge < -0.3 is 36.0 Å². The van der Waals surface area contributed by atoms with Crippen molar-refractivity contribution in [3.05, 3.63) is 223 Å². The van der Waals surface area contributed by atoms with E-state index in [2.05, 4.69) is 105 Å². The van der Waals surface area contributed by atoms with Crippen LogP contribution < -0.4 is 21.3 Å². The van der Waals surface area contributed by atoms with Crippen molar-refractivity contribution in [2.24, 2.45) is 0 Å². The third-order valence-electron chi connectivity index (χ3n) is 22.0. The van der Waals surface area contributed by atoms with Crippen molar-refractivity contribution in [3.63, 3.8) is 0 Å². The first-order valence-corrected chi connectivity index (χ1v) is 37.1. The zero-order valence-corrected chi connectivity index (χ0v) is 60.7. The number of thiophene rings is 1. The Kier molecular flexibility index (Phi) is 21.8. The zero-order chi connectivity index (χ0) is 74.0. The molecule has 5 aliphatic carbocycles. The Bertz CT molecular complexity index is 4410. The molecule has 5 aromatic carbocycles. The van der Waals surface area contributed by atoms with Gasteiger partial charge in [0.15, 0.2) is 17.3 Å². The highest BCUT2D eigenvalue weighted by atomic mass is 32.1. The van der Waals surface area contributed by atoms with Crippen molar-refractivity contribution < 1.29 is 56.3 Å². The highest BCUT2D eigenvalue weighted by Crippen LogP contribution is 2.59. The molecule has 3 aliphatic heterocycles. The van der Waals surface area contributed by atoms with Gasteiger partial charge in [-0.15, -0.1) is 11.3 Å². The molecule has 1 aromatic heterocycles. The predicted octanol–water partition coefficient (Wildman–Crippen LogP) is 14.6. The summed E-state index contributed by atoms with van der Waals surface area (Å²) in [6, 6.07) is 32.9. The fourth-order valence-corrected chi connectivity index (χ4v) is 16.0. The first-order valence-electron chi connectivity index (χ1n) is 36.3. The van der Waals surface area contributed by atoms with Crippen LogP contribution in [0, 0.1) is 0 Å². The smallest absolute Gasteiger partial charge is 0.376 e. The first-order chi connectivity index (χ1) is 49.5. The number of alkyl halides is 3. The van der Waals surface area contributed by atoms with Gasteiger partial charge in [-0.1, -0.05) is 137 Å². The average molecular weight is 1430 g/mol. The molecule has 104 heavy (non-hydrogen) atoms. The lowest BCUT2D eigenvalue weighted by atomic mass is 9.87. The molecule has 5 saturated carbocycles. The summed E-state index contributed by atoms with van der Waals surface area (Å²) in [7, 11) is 0. The normalized spacial score (nSPS) is 20.0. The molecule has 4 heterocycles. The number of aryl methyl sites for hydroxylation is 2. The number of Topliss-reactive ketones (excluding diaryl/α,β-unsaturated/α-hetero) is 4. The molecule has 0 bridgehead atoms. The fraction of sp³-hybridized carbons (Fsp3) is 0.417. The van der Waals surface area contributed by atoms with Gasteiger partial charge in [-0.2, -0.15) is 13.2 Å². The summed E-state index contributed by atoms with van der Waals surface area (Å²) in [5.41, 5.74) is 13.6. The van der Waals surface area contributed by atoms with Crippen LogP contribution >= 0.6 is 11.3 Å². The quantitative estimate of drug-likeness (QED) is 0.0498. The number of amides is 5. The van der Waals surface area contributed by atoms with E-state index in [-0.39, 0.29) is 108 Å². The van der Waals surface area contributed by atoms with Crippen molar-refractivity contribution in [2.45, 2.75) is 210 Å². The molecule has 3 atom stereocenters. The second kappa shape index (κ2) is 30.6. The molecule has 6 aromatic rings. The highest BCUT2D eigenvalue weighted by Gasteiger charge is 2.64. The second-order valence-corrected chi connectivity index (χ2v) is 31.7. The minimum absolute atomic E-state index is 0.0273. The minimum atomic E-state index is -4.26. The van der Waals surface area contributed by atoms with Crippen LogP contribution in [0.1, 0.15) is 210 Å². The van der Waals surface area contributed by atoms with Crippen molar-refractivity contribution in [1.82, 2.24) is 25.3 Å². The molecule has 0 radical (unpaired) electrons. The molecule has 14 rings (SSSR count). The van der Waals surface area contributed by atoms with E-state index < -0.39 is 17.6 Å². The zero-order valence-electron chi connectivity index (χ0n) is 59.9. The first kappa shape index (κ1) is 74.2. The van der Waals surface area contributed by atoms with Crippen molar-refractivity contribution in [3.8, 4) is 0 Å². The Morgan fingerprint density at radius 2 is 0.952 bits per heavy atom. The van der Waals surface area contributed by atoms with Crippen molar-refractivity contribution in [2.75, 3.05) is 23.7 Å². The number of anilines is 2. The van der Waals surface area contributed by atoms with E-state index in [0.717, 1.165) is 86.3 Å². The molecule has 16 nitrogen and oxygen atoms in total. The molecular weight excluding hydrogens is 1340 g/mol. The van der Waals surface area contributed by atoms with E-state index >= 15 is 0 Å². The van der Waals surface area contributed by atoms with Gasteiger partial charge in [0.05, 0.1) is 42.2 Å². The van der Waals surface area contributed by atoms with Crippen molar-refractivity contribution in [1.29, 1.82) is 0 Å². The maximum Gasteiger partial charge on any atom is 0.398 e. The number of nitrogens with one attached hydrogen (secondary N) is 4. The molecule has 0 unspecified atom stereocenters. The third-order valence-corrected chi connectivity index (χ3v) is 23.1. The monoisotopic (exact) mass is 1430 g/mol. The molecule has 0 spiro atoms. The number of hydrogen-bond donors (Lipinski definition) is 4. The Morgan fingerprint density at radius 3 is 1.38 bits per heavy atom. The van der Waals surface area contributed by atoms with Gasteiger partial charge in [-0.25, -0.2) is 0 Å².